The van der Waals surface area contributed by atoms with Crippen LogP contribution in [-0.2, 0) is 9.59 Å². The average Bonchev–Trinajstić information content (AvgIpc) is 3.00. The summed E-state index contributed by atoms with van der Waals surface area (Å²) >= 11 is 0. The molecular formula is C15H18N4O4. The Hall–Kier alpha value is -2.77. The van der Waals surface area contributed by atoms with Gasteiger partial charge in [0, 0.05) is 19.6 Å². The van der Waals surface area contributed by atoms with Crippen LogP contribution in [0.4, 0.5) is 10.5 Å². The van der Waals surface area contributed by atoms with Crippen LogP contribution < -0.4 is 20.3 Å². The first-order chi connectivity index (χ1) is 11.1. The maximum Gasteiger partial charge on any atom is 0.315 e. The molecule has 2 fully saturated rings. The third kappa shape index (κ3) is 2.92. The maximum absolute atomic E-state index is 12.4. The van der Waals surface area contributed by atoms with Crippen molar-refractivity contribution in [3.05, 3.63) is 24.3 Å². The van der Waals surface area contributed by atoms with Gasteiger partial charge >= 0.3 is 6.03 Å². The Morgan fingerprint density at radius 3 is 2.70 bits per heavy atom. The van der Waals surface area contributed by atoms with Crippen molar-refractivity contribution in [1.82, 2.24) is 15.5 Å². The topological polar surface area (TPSA) is 91.0 Å². The van der Waals surface area contributed by atoms with Crippen molar-refractivity contribution in [2.75, 3.05) is 38.2 Å². The Kier molecular flexibility index (Phi) is 4.05. The molecule has 0 saturated carbocycles. The second-order valence-corrected chi connectivity index (χ2v) is 5.38. The second kappa shape index (κ2) is 6.15. The molecule has 0 aromatic heterocycles. The molecule has 0 aliphatic carbocycles. The van der Waals surface area contributed by atoms with Gasteiger partial charge in [0.25, 0.3) is 0 Å². The zero-order valence-corrected chi connectivity index (χ0v) is 12.7. The zero-order valence-electron chi connectivity index (χ0n) is 12.7. The van der Waals surface area contributed by atoms with E-state index in [0.29, 0.717) is 24.5 Å². The molecule has 23 heavy (non-hydrogen) atoms. The Bertz CT molecular complexity index is 648. The minimum atomic E-state index is -0.604. The molecule has 1 aromatic carbocycles. The Morgan fingerprint density at radius 1 is 1.26 bits per heavy atom. The first kappa shape index (κ1) is 15.1. The van der Waals surface area contributed by atoms with Crippen LogP contribution in [0.2, 0.25) is 0 Å². The molecule has 1 aromatic rings. The third-order valence-electron chi connectivity index (χ3n) is 3.98. The summed E-state index contributed by atoms with van der Waals surface area (Å²) in [6.07, 6.45) is 0. The molecule has 2 N–H and O–H groups in total. The molecule has 3 rings (SSSR count). The molecular weight excluding hydrogens is 300 g/mol. The van der Waals surface area contributed by atoms with Crippen LogP contribution in [0.25, 0.3) is 0 Å². The summed E-state index contributed by atoms with van der Waals surface area (Å²) in [5.74, 6) is 0.204. The minimum Gasteiger partial charge on any atom is -0.495 e. The minimum absolute atomic E-state index is 0.0107. The van der Waals surface area contributed by atoms with E-state index in [1.807, 2.05) is 18.2 Å². The van der Waals surface area contributed by atoms with Gasteiger partial charge < -0.3 is 25.2 Å². The summed E-state index contributed by atoms with van der Waals surface area (Å²) in [5.41, 5.74) is 0.697. The molecule has 2 heterocycles. The van der Waals surface area contributed by atoms with Crippen LogP contribution >= 0.6 is 0 Å². The monoisotopic (exact) mass is 318 g/mol. The van der Waals surface area contributed by atoms with Crippen LogP contribution in [0.5, 0.6) is 5.75 Å². The van der Waals surface area contributed by atoms with Gasteiger partial charge in [-0.1, -0.05) is 12.1 Å². The molecule has 0 spiro atoms. The van der Waals surface area contributed by atoms with Crippen LogP contribution in [0.3, 0.4) is 0 Å². The number of benzene rings is 1. The standard InChI is InChI=1S/C15H18N4O4/c1-23-12-5-3-2-4-11(12)19-7-6-18(9-13(19)20)14(21)10-8-16-15(22)17-10/h2-5,10H,6-9H2,1H3,(H2,16,17,22)/t10-/m1/s1. The highest BCUT2D eigenvalue weighted by Crippen LogP contribution is 2.28. The van der Waals surface area contributed by atoms with Gasteiger partial charge in [-0.15, -0.1) is 0 Å². The van der Waals surface area contributed by atoms with Crippen LogP contribution in [0.15, 0.2) is 24.3 Å². The summed E-state index contributed by atoms with van der Waals surface area (Å²) < 4.78 is 5.28. The summed E-state index contributed by atoms with van der Waals surface area (Å²) in [6.45, 7) is 1.04. The van der Waals surface area contributed by atoms with Gasteiger partial charge in [0.15, 0.2) is 0 Å². The van der Waals surface area contributed by atoms with Crippen molar-refractivity contribution in [2.24, 2.45) is 0 Å². The molecule has 2 aliphatic heterocycles. The number of carbonyl (C=O) groups excluding carboxylic acids is 3. The van der Waals surface area contributed by atoms with Crippen molar-refractivity contribution < 1.29 is 19.1 Å². The van der Waals surface area contributed by atoms with Crippen molar-refractivity contribution in [1.29, 1.82) is 0 Å². The Labute approximate surface area is 133 Å². The second-order valence-electron chi connectivity index (χ2n) is 5.38. The fraction of sp³-hybridized carbons (Fsp3) is 0.400. The number of hydrogen-bond acceptors (Lipinski definition) is 4. The van der Waals surface area contributed by atoms with Gasteiger partial charge in [-0.25, -0.2) is 4.79 Å². The van der Waals surface area contributed by atoms with Crippen molar-refractivity contribution >= 4 is 23.5 Å². The molecule has 1 atom stereocenters. The van der Waals surface area contributed by atoms with Gasteiger partial charge in [0.2, 0.25) is 11.8 Å². The van der Waals surface area contributed by atoms with E-state index >= 15 is 0 Å². The average molecular weight is 318 g/mol. The van der Waals surface area contributed by atoms with E-state index < -0.39 is 6.04 Å². The van der Waals surface area contributed by atoms with Gasteiger partial charge in [0.1, 0.15) is 18.3 Å². The lowest BCUT2D eigenvalue weighted by Crippen LogP contribution is -2.56. The highest BCUT2D eigenvalue weighted by Gasteiger charge is 2.35. The number of anilines is 1. The van der Waals surface area contributed by atoms with Gasteiger partial charge in [0.05, 0.1) is 12.8 Å². The number of methoxy groups -OCH3 is 1. The number of rotatable bonds is 3. The molecule has 8 heteroatoms. The van der Waals surface area contributed by atoms with Crippen molar-refractivity contribution in [3.63, 3.8) is 0 Å². The lowest BCUT2D eigenvalue weighted by atomic mass is 10.2. The molecule has 0 bridgehead atoms. The predicted octanol–water partition coefficient (Wildman–Crippen LogP) is -0.448. The highest BCUT2D eigenvalue weighted by molar-refractivity contribution is 6.00. The number of urea groups is 1. The number of amides is 4. The Balaban J connectivity index is 1.69. The van der Waals surface area contributed by atoms with Crippen LogP contribution in [0, 0.1) is 0 Å². The molecule has 0 unspecified atom stereocenters. The number of nitrogens with one attached hydrogen (secondary N) is 2. The van der Waals surface area contributed by atoms with E-state index in [-0.39, 0.29) is 30.9 Å². The van der Waals surface area contributed by atoms with Crippen molar-refractivity contribution in [3.8, 4) is 5.75 Å². The molecule has 0 radical (unpaired) electrons. The summed E-state index contributed by atoms with van der Waals surface area (Å²) in [7, 11) is 1.55. The lowest BCUT2D eigenvalue weighted by Gasteiger charge is -2.35. The van der Waals surface area contributed by atoms with E-state index in [2.05, 4.69) is 10.6 Å². The van der Waals surface area contributed by atoms with Gasteiger partial charge in [-0.3, -0.25) is 9.59 Å². The smallest absolute Gasteiger partial charge is 0.315 e. The number of ether oxygens (including phenoxy) is 1. The summed E-state index contributed by atoms with van der Waals surface area (Å²) in [5, 5.41) is 5.08. The zero-order chi connectivity index (χ0) is 16.4. The number of carbonyl (C=O) groups is 3. The molecule has 4 amide bonds. The van der Waals surface area contributed by atoms with E-state index in [4.69, 9.17) is 4.74 Å². The van der Waals surface area contributed by atoms with Crippen LogP contribution in [0.1, 0.15) is 0 Å². The molecule has 2 aliphatic rings. The van der Waals surface area contributed by atoms with E-state index in [9.17, 15) is 14.4 Å². The summed E-state index contributed by atoms with van der Waals surface area (Å²) in [4.78, 5) is 39.0. The van der Waals surface area contributed by atoms with E-state index in [0.717, 1.165) is 0 Å². The quantitative estimate of drug-likeness (QED) is 0.790. The summed E-state index contributed by atoms with van der Waals surface area (Å²) in [6, 6.07) is 6.32. The van der Waals surface area contributed by atoms with Gasteiger partial charge in [-0.05, 0) is 12.1 Å². The SMILES string of the molecule is COc1ccccc1N1CCN(C(=O)[C@H]2CNC(=O)N2)CC1=O. The largest absolute Gasteiger partial charge is 0.495 e. The predicted molar refractivity (Wildman–Crippen MR) is 82.2 cm³/mol. The lowest BCUT2D eigenvalue weighted by molar-refractivity contribution is -0.138. The number of hydrogen-bond donors (Lipinski definition) is 2. The molecule has 2 saturated heterocycles. The fourth-order valence-corrected chi connectivity index (χ4v) is 2.79. The number of nitrogens with zero attached hydrogens (tertiary/aromatic N) is 2. The normalized spacial score (nSPS) is 21.0. The number of para-hydroxylation sites is 2. The maximum atomic E-state index is 12.4. The molecule has 8 nitrogen and oxygen atoms in total. The Morgan fingerprint density at radius 2 is 2.04 bits per heavy atom. The fourth-order valence-electron chi connectivity index (χ4n) is 2.79. The first-order valence-corrected chi connectivity index (χ1v) is 7.36. The van der Waals surface area contributed by atoms with E-state index in [1.54, 1.807) is 18.1 Å². The van der Waals surface area contributed by atoms with Crippen LogP contribution in [-0.4, -0.2) is 62.1 Å². The highest BCUT2D eigenvalue weighted by atomic mass is 16.5. The first-order valence-electron chi connectivity index (χ1n) is 7.36. The number of piperazine rings is 1. The molecule has 122 valence electrons. The van der Waals surface area contributed by atoms with Gasteiger partial charge in [-0.2, -0.15) is 0 Å². The van der Waals surface area contributed by atoms with E-state index in [1.165, 1.54) is 4.90 Å². The third-order valence-corrected chi connectivity index (χ3v) is 3.98. The van der Waals surface area contributed by atoms with Crippen molar-refractivity contribution in [2.45, 2.75) is 6.04 Å².